The molecule has 15 heavy (non-hydrogen) atoms. The van der Waals surface area contributed by atoms with E-state index < -0.39 is 20.9 Å². The van der Waals surface area contributed by atoms with Crippen molar-refractivity contribution in [3.8, 4) is 0 Å². The molecule has 7 heteroatoms. The second-order valence-electron chi connectivity index (χ2n) is 3.18. The Morgan fingerprint density at radius 1 is 1.40 bits per heavy atom. The fourth-order valence-electron chi connectivity index (χ4n) is 1.26. The van der Waals surface area contributed by atoms with Crippen LogP contribution in [0.3, 0.4) is 0 Å². The van der Waals surface area contributed by atoms with E-state index in [2.05, 4.69) is 4.98 Å². The molecule has 82 valence electrons. The Morgan fingerprint density at radius 2 is 2.07 bits per heavy atom. The van der Waals surface area contributed by atoms with Crippen molar-refractivity contribution in [1.82, 2.24) is 9.29 Å². The predicted octanol–water partition coefficient (Wildman–Crippen LogP) is 1.27. The van der Waals surface area contributed by atoms with Gasteiger partial charge in [-0.15, -0.1) is 0 Å². The summed E-state index contributed by atoms with van der Waals surface area (Å²) in [6, 6.07) is 2.40. The largest absolute Gasteiger partial charge is 0.247 e. The van der Waals surface area contributed by atoms with Crippen molar-refractivity contribution in [2.45, 2.75) is 11.3 Å². The summed E-state index contributed by atoms with van der Waals surface area (Å²) in [6.45, 7) is 0.870. The first-order chi connectivity index (χ1) is 7.01. The average molecular weight is 251 g/mol. The third-order valence-corrected chi connectivity index (χ3v) is 4.33. The standard InChI is InChI=1S/C8H8ClFN2O2S/c9-7-3-2-6(8(10)11-7)15(13,14)12-4-1-5-12/h2-3H,1,4-5H2. The van der Waals surface area contributed by atoms with E-state index >= 15 is 0 Å². The van der Waals surface area contributed by atoms with Gasteiger partial charge >= 0.3 is 0 Å². The molecule has 1 fully saturated rings. The lowest BCUT2D eigenvalue weighted by Gasteiger charge is -2.29. The normalized spacial score (nSPS) is 17.5. The summed E-state index contributed by atoms with van der Waals surface area (Å²) in [5.74, 6) is -1.05. The summed E-state index contributed by atoms with van der Waals surface area (Å²) in [5.41, 5.74) is 0. The molecule has 4 nitrogen and oxygen atoms in total. The maximum Gasteiger partial charge on any atom is 0.247 e. The minimum Gasteiger partial charge on any atom is -0.207 e. The summed E-state index contributed by atoms with van der Waals surface area (Å²) in [4.78, 5) is 2.86. The van der Waals surface area contributed by atoms with Gasteiger partial charge < -0.3 is 0 Å². The third-order valence-electron chi connectivity index (χ3n) is 2.21. The first-order valence-electron chi connectivity index (χ1n) is 4.34. The number of aromatic nitrogens is 1. The molecule has 1 aliphatic heterocycles. The van der Waals surface area contributed by atoms with Crippen LogP contribution in [0.15, 0.2) is 17.0 Å². The quantitative estimate of drug-likeness (QED) is 0.743. The highest BCUT2D eigenvalue weighted by Gasteiger charge is 2.32. The zero-order valence-electron chi connectivity index (χ0n) is 7.65. The summed E-state index contributed by atoms with van der Waals surface area (Å²) < 4.78 is 38.0. The minimum absolute atomic E-state index is 0.0601. The van der Waals surface area contributed by atoms with Crippen molar-refractivity contribution in [3.63, 3.8) is 0 Å². The van der Waals surface area contributed by atoms with Gasteiger partial charge in [0, 0.05) is 13.1 Å². The third kappa shape index (κ3) is 1.84. The molecule has 1 aromatic rings. The Labute approximate surface area is 91.7 Å². The Kier molecular flexibility index (Phi) is 2.66. The molecule has 0 radical (unpaired) electrons. The van der Waals surface area contributed by atoms with Crippen LogP contribution in [-0.4, -0.2) is 30.8 Å². The van der Waals surface area contributed by atoms with E-state index in [1.807, 2.05) is 0 Å². The Hall–Kier alpha value is -0.720. The molecule has 0 atom stereocenters. The lowest BCUT2D eigenvalue weighted by molar-refractivity contribution is 0.307. The van der Waals surface area contributed by atoms with Crippen LogP contribution in [0.1, 0.15) is 6.42 Å². The maximum atomic E-state index is 13.3. The van der Waals surface area contributed by atoms with E-state index in [1.54, 1.807) is 0 Å². The number of hydrogen-bond acceptors (Lipinski definition) is 3. The van der Waals surface area contributed by atoms with E-state index in [-0.39, 0.29) is 5.15 Å². The summed E-state index contributed by atoms with van der Waals surface area (Å²) >= 11 is 5.43. The minimum atomic E-state index is -3.71. The van der Waals surface area contributed by atoms with Crippen LogP contribution in [0.4, 0.5) is 4.39 Å². The van der Waals surface area contributed by atoms with E-state index in [0.29, 0.717) is 13.1 Å². The predicted molar refractivity (Wildman–Crippen MR) is 52.6 cm³/mol. The second kappa shape index (κ2) is 3.70. The van der Waals surface area contributed by atoms with E-state index in [9.17, 15) is 12.8 Å². The first-order valence-corrected chi connectivity index (χ1v) is 6.16. The Balaban J connectivity index is 2.44. The molecule has 2 rings (SSSR count). The van der Waals surface area contributed by atoms with Crippen LogP contribution < -0.4 is 0 Å². The van der Waals surface area contributed by atoms with Gasteiger partial charge in [-0.2, -0.15) is 8.70 Å². The SMILES string of the molecule is O=S(=O)(c1ccc(Cl)nc1F)N1CCC1. The topological polar surface area (TPSA) is 50.3 Å². The van der Waals surface area contributed by atoms with Gasteiger partial charge in [-0.3, -0.25) is 0 Å². The number of nitrogens with zero attached hydrogens (tertiary/aromatic N) is 2. The van der Waals surface area contributed by atoms with Crippen molar-refractivity contribution in [2.24, 2.45) is 0 Å². The Bertz CT molecular complexity index is 487. The molecule has 0 amide bonds. The first kappa shape index (κ1) is 10.8. The summed E-state index contributed by atoms with van der Waals surface area (Å²) in [7, 11) is -3.71. The zero-order chi connectivity index (χ0) is 11.1. The second-order valence-corrected chi connectivity index (χ2v) is 5.47. The maximum absolute atomic E-state index is 13.3. The highest BCUT2D eigenvalue weighted by atomic mass is 35.5. The fourth-order valence-corrected chi connectivity index (χ4v) is 2.91. The number of rotatable bonds is 2. The number of sulfonamides is 1. The van der Waals surface area contributed by atoms with Crippen molar-refractivity contribution in [1.29, 1.82) is 0 Å². The lowest BCUT2D eigenvalue weighted by Crippen LogP contribution is -2.42. The van der Waals surface area contributed by atoms with Crippen LogP contribution >= 0.6 is 11.6 Å². The molecule has 0 bridgehead atoms. The highest BCUT2D eigenvalue weighted by molar-refractivity contribution is 7.89. The average Bonchev–Trinajstić information content (AvgIpc) is 1.97. The van der Waals surface area contributed by atoms with E-state index in [4.69, 9.17) is 11.6 Å². The molecule has 0 aliphatic carbocycles. The van der Waals surface area contributed by atoms with Gasteiger partial charge in [0.25, 0.3) is 0 Å². The van der Waals surface area contributed by atoms with Crippen molar-refractivity contribution >= 4 is 21.6 Å². The lowest BCUT2D eigenvalue weighted by atomic mass is 10.3. The molecule has 0 saturated carbocycles. The molecular formula is C8H8ClFN2O2S. The molecule has 1 aromatic heterocycles. The van der Waals surface area contributed by atoms with Gasteiger partial charge in [0.15, 0.2) is 0 Å². The van der Waals surface area contributed by atoms with Gasteiger partial charge in [0.1, 0.15) is 10.0 Å². The smallest absolute Gasteiger partial charge is 0.207 e. The van der Waals surface area contributed by atoms with Crippen LogP contribution in [-0.2, 0) is 10.0 Å². The van der Waals surface area contributed by atoms with Crippen LogP contribution in [0.5, 0.6) is 0 Å². The van der Waals surface area contributed by atoms with Crippen molar-refractivity contribution < 1.29 is 12.8 Å². The van der Waals surface area contributed by atoms with Crippen LogP contribution in [0, 0.1) is 5.95 Å². The number of hydrogen-bond donors (Lipinski definition) is 0. The molecule has 0 spiro atoms. The van der Waals surface area contributed by atoms with E-state index in [0.717, 1.165) is 12.5 Å². The monoisotopic (exact) mass is 250 g/mol. The molecule has 2 heterocycles. The molecule has 1 aliphatic rings. The van der Waals surface area contributed by atoms with Crippen LogP contribution in [0.2, 0.25) is 5.15 Å². The highest BCUT2D eigenvalue weighted by Crippen LogP contribution is 2.23. The van der Waals surface area contributed by atoms with Gasteiger partial charge in [-0.25, -0.2) is 13.4 Å². The van der Waals surface area contributed by atoms with Gasteiger partial charge in [-0.1, -0.05) is 11.6 Å². The zero-order valence-corrected chi connectivity index (χ0v) is 9.22. The van der Waals surface area contributed by atoms with E-state index in [1.165, 1.54) is 10.4 Å². The summed E-state index contributed by atoms with van der Waals surface area (Å²) in [5, 5.41) is -0.0601. The Morgan fingerprint density at radius 3 is 2.53 bits per heavy atom. The van der Waals surface area contributed by atoms with Crippen molar-refractivity contribution in [2.75, 3.05) is 13.1 Å². The number of pyridine rings is 1. The van der Waals surface area contributed by atoms with Gasteiger partial charge in [0.05, 0.1) is 0 Å². The molecule has 1 saturated heterocycles. The van der Waals surface area contributed by atoms with Crippen molar-refractivity contribution in [3.05, 3.63) is 23.2 Å². The van der Waals surface area contributed by atoms with Gasteiger partial charge in [-0.05, 0) is 18.6 Å². The molecule has 0 aromatic carbocycles. The van der Waals surface area contributed by atoms with Gasteiger partial charge in [0.2, 0.25) is 16.0 Å². The summed E-state index contributed by atoms with van der Waals surface area (Å²) in [6.07, 6.45) is 0.807. The van der Waals surface area contributed by atoms with Crippen LogP contribution in [0.25, 0.3) is 0 Å². The fraction of sp³-hybridized carbons (Fsp3) is 0.375. The molecule has 0 unspecified atom stereocenters. The molecule has 0 N–H and O–H groups in total. The number of halogens is 2. The molecular weight excluding hydrogens is 243 g/mol.